The summed E-state index contributed by atoms with van der Waals surface area (Å²) in [7, 11) is 0. The van der Waals surface area contributed by atoms with Gasteiger partial charge in [-0.05, 0) is 35.9 Å². The Morgan fingerprint density at radius 1 is 1.19 bits per heavy atom. The molecule has 0 fully saturated rings. The number of hydrogen-bond donors (Lipinski definition) is 1. The molecule has 3 aromatic rings. The molecule has 2 aromatic carbocycles. The quantitative estimate of drug-likeness (QED) is 0.726. The first kappa shape index (κ1) is 13.8. The van der Waals surface area contributed by atoms with Gasteiger partial charge in [-0.2, -0.15) is 0 Å². The van der Waals surface area contributed by atoms with Crippen LogP contribution in [0.15, 0.2) is 59.3 Å². The predicted octanol–water partition coefficient (Wildman–Crippen LogP) is 4.08. The van der Waals surface area contributed by atoms with E-state index in [0.29, 0.717) is 12.2 Å². The number of anilines is 1. The molecule has 1 heterocycles. The number of hydrogen-bond acceptors (Lipinski definition) is 2. The van der Waals surface area contributed by atoms with E-state index in [0.717, 1.165) is 21.4 Å². The molecular formula is C16H13BrFN3. The molecule has 0 radical (unpaired) electrons. The highest BCUT2D eigenvalue weighted by atomic mass is 79.9. The molecule has 1 aromatic heterocycles. The van der Waals surface area contributed by atoms with Gasteiger partial charge in [-0.25, -0.2) is 9.37 Å². The summed E-state index contributed by atoms with van der Waals surface area (Å²) in [6.45, 7) is 0.530. The molecule has 0 aliphatic carbocycles. The standard InChI is InChI=1S/C16H13BrFN3/c17-15-5-4-13(18)8-12(15)10-21-7-6-20-16(21)11-2-1-3-14(19)9-11/h1-9H,10,19H2. The van der Waals surface area contributed by atoms with Crippen molar-refractivity contribution in [3.63, 3.8) is 0 Å². The van der Waals surface area contributed by atoms with Gasteiger partial charge in [0.2, 0.25) is 0 Å². The molecule has 3 rings (SSSR count). The summed E-state index contributed by atoms with van der Waals surface area (Å²) in [5, 5.41) is 0. The predicted molar refractivity (Wildman–Crippen MR) is 85.3 cm³/mol. The topological polar surface area (TPSA) is 43.8 Å². The molecule has 0 aliphatic heterocycles. The van der Waals surface area contributed by atoms with E-state index >= 15 is 0 Å². The highest BCUT2D eigenvalue weighted by Gasteiger charge is 2.09. The fourth-order valence-corrected chi connectivity index (χ4v) is 2.59. The smallest absolute Gasteiger partial charge is 0.140 e. The van der Waals surface area contributed by atoms with Crippen LogP contribution in [0.25, 0.3) is 11.4 Å². The molecular weight excluding hydrogens is 333 g/mol. The summed E-state index contributed by atoms with van der Waals surface area (Å²) in [6, 6.07) is 12.2. The maximum Gasteiger partial charge on any atom is 0.140 e. The average Bonchev–Trinajstić information content (AvgIpc) is 2.91. The molecule has 0 saturated heterocycles. The van der Waals surface area contributed by atoms with E-state index in [1.807, 2.05) is 35.0 Å². The highest BCUT2D eigenvalue weighted by molar-refractivity contribution is 9.10. The van der Waals surface area contributed by atoms with Crippen LogP contribution >= 0.6 is 15.9 Å². The normalized spacial score (nSPS) is 10.8. The summed E-state index contributed by atoms with van der Waals surface area (Å²) in [5.41, 5.74) is 8.30. The molecule has 21 heavy (non-hydrogen) atoms. The molecule has 2 N–H and O–H groups in total. The molecule has 0 unspecified atom stereocenters. The van der Waals surface area contributed by atoms with Crippen LogP contribution in [-0.2, 0) is 6.54 Å². The van der Waals surface area contributed by atoms with Gasteiger partial charge in [-0.3, -0.25) is 0 Å². The molecule has 106 valence electrons. The van der Waals surface area contributed by atoms with E-state index in [1.165, 1.54) is 12.1 Å². The van der Waals surface area contributed by atoms with Crippen molar-refractivity contribution in [3.8, 4) is 11.4 Å². The fourth-order valence-electron chi connectivity index (χ4n) is 2.22. The lowest BCUT2D eigenvalue weighted by Crippen LogP contribution is -2.02. The number of nitrogens with two attached hydrogens (primary N) is 1. The van der Waals surface area contributed by atoms with Crippen LogP contribution in [0.5, 0.6) is 0 Å². The molecule has 5 heteroatoms. The van der Waals surface area contributed by atoms with Gasteiger partial charge in [0.05, 0.1) is 6.54 Å². The van der Waals surface area contributed by atoms with Gasteiger partial charge in [0.1, 0.15) is 11.6 Å². The van der Waals surface area contributed by atoms with Gasteiger partial charge in [0, 0.05) is 28.1 Å². The summed E-state index contributed by atoms with van der Waals surface area (Å²) in [5.74, 6) is 0.553. The van der Waals surface area contributed by atoms with Crippen molar-refractivity contribution in [3.05, 3.63) is 70.7 Å². The van der Waals surface area contributed by atoms with Gasteiger partial charge in [0.25, 0.3) is 0 Å². The monoisotopic (exact) mass is 345 g/mol. The third kappa shape index (κ3) is 2.97. The second kappa shape index (κ2) is 5.69. The summed E-state index contributed by atoms with van der Waals surface area (Å²) >= 11 is 3.45. The Kier molecular flexibility index (Phi) is 3.75. The van der Waals surface area contributed by atoms with Crippen LogP contribution in [0.2, 0.25) is 0 Å². The molecule has 0 saturated carbocycles. The molecule has 0 amide bonds. The van der Waals surface area contributed by atoms with Crippen molar-refractivity contribution in [2.75, 3.05) is 5.73 Å². The van der Waals surface area contributed by atoms with Crippen molar-refractivity contribution in [2.45, 2.75) is 6.54 Å². The number of nitrogens with zero attached hydrogens (tertiary/aromatic N) is 2. The van der Waals surface area contributed by atoms with Gasteiger partial charge in [-0.1, -0.05) is 28.1 Å². The fraction of sp³-hybridized carbons (Fsp3) is 0.0625. The SMILES string of the molecule is Nc1cccc(-c2nccn2Cc2cc(F)ccc2Br)c1. The number of halogens is 2. The van der Waals surface area contributed by atoms with Crippen LogP contribution in [0.4, 0.5) is 10.1 Å². The first-order chi connectivity index (χ1) is 10.1. The first-order valence-electron chi connectivity index (χ1n) is 6.44. The van der Waals surface area contributed by atoms with Gasteiger partial charge < -0.3 is 10.3 Å². The number of benzene rings is 2. The number of imidazole rings is 1. The van der Waals surface area contributed by atoms with Crippen LogP contribution in [-0.4, -0.2) is 9.55 Å². The van der Waals surface area contributed by atoms with Crippen LogP contribution in [0.1, 0.15) is 5.56 Å². The third-order valence-corrected chi connectivity index (χ3v) is 3.98. The summed E-state index contributed by atoms with van der Waals surface area (Å²) in [4.78, 5) is 4.37. The molecule has 3 nitrogen and oxygen atoms in total. The van der Waals surface area contributed by atoms with Crippen molar-refractivity contribution in [1.82, 2.24) is 9.55 Å². The Labute approximate surface area is 130 Å². The zero-order valence-electron chi connectivity index (χ0n) is 11.1. The van der Waals surface area contributed by atoms with Gasteiger partial charge >= 0.3 is 0 Å². The Bertz CT molecular complexity index is 783. The Morgan fingerprint density at radius 2 is 2.05 bits per heavy atom. The lowest BCUT2D eigenvalue weighted by Gasteiger charge is -2.10. The average molecular weight is 346 g/mol. The minimum absolute atomic E-state index is 0.251. The number of aromatic nitrogens is 2. The Morgan fingerprint density at radius 3 is 2.86 bits per heavy atom. The summed E-state index contributed by atoms with van der Waals surface area (Å²) < 4.78 is 16.2. The molecule has 0 atom stereocenters. The summed E-state index contributed by atoms with van der Waals surface area (Å²) in [6.07, 6.45) is 3.60. The zero-order valence-corrected chi connectivity index (χ0v) is 12.7. The molecule has 0 aliphatic rings. The lowest BCUT2D eigenvalue weighted by molar-refractivity contribution is 0.623. The largest absolute Gasteiger partial charge is 0.399 e. The number of rotatable bonds is 3. The van der Waals surface area contributed by atoms with E-state index < -0.39 is 0 Å². The van der Waals surface area contributed by atoms with Gasteiger partial charge in [-0.15, -0.1) is 0 Å². The Hall–Kier alpha value is -2.14. The van der Waals surface area contributed by atoms with Crippen molar-refractivity contribution < 1.29 is 4.39 Å². The van der Waals surface area contributed by atoms with Crippen LogP contribution < -0.4 is 5.73 Å². The Balaban J connectivity index is 1.98. The van der Waals surface area contributed by atoms with E-state index in [-0.39, 0.29) is 5.82 Å². The minimum Gasteiger partial charge on any atom is -0.399 e. The molecule has 0 bridgehead atoms. The van der Waals surface area contributed by atoms with Crippen LogP contribution in [0.3, 0.4) is 0 Å². The van der Waals surface area contributed by atoms with Crippen molar-refractivity contribution in [2.24, 2.45) is 0 Å². The van der Waals surface area contributed by atoms with Crippen molar-refractivity contribution in [1.29, 1.82) is 0 Å². The third-order valence-electron chi connectivity index (χ3n) is 3.21. The van der Waals surface area contributed by atoms with E-state index in [1.54, 1.807) is 12.3 Å². The second-order valence-corrected chi connectivity index (χ2v) is 5.59. The minimum atomic E-state index is -0.251. The maximum absolute atomic E-state index is 13.4. The number of nitrogen functional groups attached to an aromatic ring is 1. The van der Waals surface area contributed by atoms with E-state index in [4.69, 9.17) is 5.73 Å². The van der Waals surface area contributed by atoms with Crippen LogP contribution in [0, 0.1) is 5.82 Å². The van der Waals surface area contributed by atoms with E-state index in [2.05, 4.69) is 20.9 Å². The first-order valence-corrected chi connectivity index (χ1v) is 7.24. The van der Waals surface area contributed by atoms with Crippen molar-refractivity contribution >= 4 is 21.6 Å². The maximum atomic E-state index is 13.4. The van der Waals surface area contributed by atoms with E-state index in [9.17, 15) is 4.39 Å². The molecule has 0 spiro atoms. The second-order valence-electron chi connectivity index (χ2n) is 4.74. The zero-order chi connectivity index (χ0) is 14.8. The lowest BCUT2D eigenvalue weighted by atomic mass is 10.1. The van der Waals surface area contributed by atoms with Gasteiger partial charge in [0.15, 0.2) is 0 Å². The highest BCUT2D eigenvalue weighted by Crippen LogP contribution is 2.23.